The molecule has 0 heterocycles. The summed E-state index contributed by atoms with van der Waals surface area (Å²) in [7, 11) is 0. The highest BCUT2D eigenvalue weighted by atomic mass is 35.5. The lowest BCUT2D eigenvalue weighted by Gasteiger charge is -2.10. The van der Waals surface area contributed by atoms with Gasteiger partial charge in [0.05, 0.1) is 12.0 Å². The molecule has 0 aromatic carbocycles. The molecule has 2 atom stereocenters. The smallest absolute Gasteiger partial charge is 0.177 e. The van der Waals surface area contributed by atoms with Gasteiger partial charge in [-0.05, 0) is 18.6 Å². The van der Waals surface area contributed by atoms with Crippen LogP contribution in [0.15, 0.2) is 23.8 Å². The zero-order valence-corrected chi connectivity index (χ0v) is 7.38. The molecule has 1 aliphatic rings. The van der Waals surface area contributed by atoms with Gasteiger partial charge >= 0.3 is 0 Å². The van der Waals surface area contributed by atoms with E-state index in [1.54, 1.807) is 19.1 Å². The average Bonchev–Trinajstić information content (AvgIpc) is 2.08. The lowest BCUT2D eigenvalue weighted by molar-refractivity contribution is -0.113. The van der Waals surface area contributed by atoms with Crippen LogP contribution in [0.25, 0.3) is 0 Å². The van der Waals surface area contributed by atoms with Crippen molar-refractivity contribution in [2.45, 2.75) is 12.3 Å². The highest BCUT2D eigenvalue weighted by molar-refractivity contribution is 6.34. The first-order valence-electron chi connectivity index (χ1n) is 3.62. The predicted octanol–water partition coefficient (Wildman–Crippen LogP) is 1.82. The van der Waals surface area contributed by atoms with Crippen molar-refractivity contribution in [1.29, 1.82) is 5.26 Å². The van der Waals surface area contributed by atoms with Crippen molar-refractivity contribution in [2.75, 3.05) is 0 Å². The van der Waals surface area contributed by atoms with Crippen LogP contribution < -0.4 is 0 Å². The maximum atomic E-state index is 11.1. The monoisotopic (exact) mass is 181 g/mol. The third kappa shape index (κ3) is 1.75. The summed E-state index contributed by atoms with van der Waals surface area (Å²) in [6, 6.07) is 2.06. The fourth-order valence-corrected chi connectivity index (χ4v) is 1.06. The summed E-state index contributed by atoms with van der Waals surface area (Å²) >= 11 is 5.62. The molecule has 2 nitrogen and oxygen atoms in total. The number of nitrogens with zero attached hydrogens (tertiary/aromatic N) is 1. The van der Waals surface area contributed by atoms with Crippen molar-refractivity contribution in [1.82, 2.24) is 0 Å². The Bertz CT molecular complexity index is 298. The van der Waals surface area contributed by atoms with Gasteiger partial charge in [0.25, 0.3) is 0 Å². The molecule has 62 valence electrons. The number of carbonyl (C=O) groups excluding carboxylic acids is 1. The van der Waals surface area contributed by atoms with Crippen LogP contribution in [0.4, 0.5) is 0 Å². The third-order valence-electron chi connectivity index (χ3n) is 1.73. The second-order valence-electron chi connectivity index (χ2n) is 2.66. The molecule has 0 saturated heterocycles. The first-order valence-corrected chi connectivity index (χ1v) is 4.06. The normalized spacial score (nSPS) is 24.6. The number of hydrogen-bond acceptors (Lipinski definition) is 2. The molecular formula is C9H8ClNO. The van der Waals surface area contributed by atoms with E-state index in [2.05, 4.69) is 6.07 Å². The quantitative estimate of drug-likeness (QED) is 0.579. The molecule has 0 aromatic heterocycles. The average molecular weight is 182 g/mol. The van der Waals surface area contributed by atoms with Gasteiger partial charge in [-0.15, -0.1) is 11.6 Å². The minimum absolute atomic E-state index is 0.142. The van der Waals surface area contributed by atoms with E-state index in [4.69, 9.17) is 16.9 Å². The topological polar surface area (TPSA) is 40.9 Å². The zero-order chi connectivity index (χ0) is 9.14. The lowest BCUT2D eigenvalue weighted by atomic mass is 9.96. The summed E-state index contributed by atoms with van der Waals surface area (Å²) in [6.07, 6.45) is 4.77. The molecule has 1 rings (SSSR count). The maximum absolute atomic E-state index is 11.1. The van der Waals surface area contributed by atoms with Gasteiger partial charge < -0.3 is 0 Å². The first kappa shape index (κ1) is 9.02. The fraction of sp³-hybridized carbons (Fsp3) is 0.333. The van der Waals surface area contributed by atoms with Gasteiger partial charge in [0.2, 0.25) is 0 Å². The van der Waals surface area contributed by atoms with Crippen LogP contribution in [-0.2, 0) is 4.79 Å². The van der Waals surface area contributed by atoms with Gasteiger partial charge in [0, 0.05) is 0 Å². The number of ketones is 1. The Kier molecular flexibility index (Phi) is 2.67. The Hall–Kier alpha value is -1.07. The summed E-state index contributed by atoms with van der Waals surface area (Å²) < 4.78 is 0. The molecule has 0 aromatic rings. The summed E-state index contributed by atoms with van der Waals surface area (Å²) in [5.41, 5.74) is 0.736. The van der Waals surface area contributed by atoms with E-state index in [1.807, 2.05) is 0 Å². The van der Waals surface area contributed by atoms with Crippen LogP contribution in [0.1, 0.15) is 6.92 Å². The van der Waals surface area contributed by atoms with E-state index in [0.717, 1.165) is 5.57 Å². The van der Waals surface area contributed by atoms with Crippen molar-refractivity contribution in [3.8, 4) is 6.07 Å². The number of allylic oxidation sites excluding steroid dienone is 4. The Morgan fingerprint density at radius 3 is 2.92 bits per heavy atom. The van der Waals surface area contributed by atoms with Crippen molar-refractivity contribution < 1.29 is 4.79 Å². The van der Waals surface area contributed by atoms with Crippen LogP contribution in [0.3, 0.4) is 0 Å². The molecule has 0 bridgehead atoms. The van der Waals surface area contributed by atoms with E-state index in [-0.39, 0.29) is 11.7 Å². The number of hydrogen-bond donors (Lipinski definition) is 0. The second kappa shape index (κ2) is 3.55. The Balaban J connectivity index is 2.85. The van der Waals surface area contributed by atoms with Crippen LogP contribution in [0, 0.1) is 17.2 Å². The minimum Gasteiger partial charge on any atom is -0.293 e. The molecule has 0 saturated carbocycles. The number of carbonyl (C=O) groups is 1. The molecule has 0 amide bonds. The van der Waals surface area contributed by atoms with E-state index in [9.17, 15) is 4.79 Å². The molecule has 0 N–H and O–H groups in total. The Morgan fingerprint density at radius 2 is 2.42 bits per heavy atom. The van der Waals surface area contributed by atoms with Crippen molar-refractivity contribution >= 4 is 17.4 Å². The van der Waals surface area contributed by atoms with Gasteiger partial charge in [-0.1, -0.05) is 12.2 Å². The summed E-state index contributed by atoms with van der Waals surface area (Å²) in [4.78, 5) is 11.1. The van der Waals surface area contributed by atoms with Crippen LogP contribution in [0.5, 0.6) is 0 Å². The van der Waals surface area contributed by atoms with E-state index < -0.39 is 5.38 Å². The standard InChI is InChI=1S/C9H8ClNO/c1-6(5-11)7-2-3-8(10)9(12)4-7/h2-4,6,8H,1H3. The molecule has 0 spiro atoms. The Labute approximate surface area is 76.1 Å². The minimum atomic E-state index is -0.556. The molecular weight excluding hydrogens is 174 g/mol. The number of halogens is 1. The molecule has 12 heavy (non-hydrogen) atoms. The second-order valence-corrected chi connectivity index (χ2v) is 3.13. The largest absolute Gasteiger partial charge is 0.293 e. The first-order chi connectivity index (χ1) is 5.65. The number of alkyl halides is 1. The van der Waals surface area contributed by atoms with Gasteiger partial charge in [-0.25, -0.2) is 0 Å². The molecule has 3 heteroatoms. The van der Waals surface area contributed by atoms with Gasteiger partial charge in [-0.3, -0.25) is 4.79 Å². The molecule has 0 radical (unpaired) electrons. The van der Waals surface area contributed by atoms with Gasteiger partial charge in [0.1, 0.15) is 5.38 Å². The number of rotatable bonds is 1. The van der Waals surface area contributed by atoms with E-state index in [0.29, 0.717) is 0 Å². The highest BCUT2D eigenvalue weighted by Crippen LogP contribution is 2.18. The zero-order valence-electron chi connectivity index (χ0n) is 6.62. The summed E-state index contributed by atoms with van der Waals surface area (Å²) in [5, 5.41) is 8.01. The fourth-order valence-electron chi connectivity index (χ4n) is 0.926. The summed E-state index contributed by atoms with van der Waals surface area (Å²) in [6.45, 7) is 1.75. The molecule has 0 fully saturated rings. The molecule has 0 aliphatic heterocycles. The lowest BCUT2D eigenvalue weighted by Crippen LogP contribution is -2.14. The maximum Gasteiger partial charge on any atom is 0.177 e. The third-order valence-corrected chi connectivity index (χ3v) is 2.09. The van der Waals surface area contributed by atoms with Gasteiger partial charge in [0.15, 0.2) is 5.78 Å². The van der Waals surface area contributed by atoms with Crippen molar-refractivity contribution in [3.63, 3.8) is 0 Å². The highest BCUT2D eigenvalue weighted by Gasteiger charge is 2.17. The molecule has 1 aliphatic carbocycles. The number of nitriles is 1. The van der Waals surface area contributed by atoms with Gasteiger partial charge in [-0.2, -0.15) is 5.26 Å². The predicted molar refractivity (Wildman–Crippen MR) is 46.6 cm³/mol. The SMILES string of the molecule is CC(C#N)C1=CC(=O)C(Cl)C=C1. The van der Waals surface area contributed by atoms with Crippen molar-refractivity contribution in [3.05, 3.63) is 23.8 Å². The Morgan fingerprint density at radius 1 is 1.75 bits per heavy atom. The van der Waals surface area contributed by atoms with Crippen LogP contribution >= 0.6 is 11.6 Å². The van der Waals surface area contributed by atoms with E-state index >= 15 is 0 Å². The van der Waals surface area contributed by atoms with Crippen LogP contribution in [-0.4, -0.2) is 11.2 Å². The van der Waals surface area contributed by atoms with Crippen molar-refractivity contribution in [2.24, 2.45) is 5.92 Å². The molecule has 2 unspecified atom stereocenters. The van der Waals surface area contributed by atoms with Crippen LogP contribution in [0.2, 0.25) is 0 Å². The summed E-state index contributed by atoms with van der Waals surface area (Å²) in [5.74, 6) is -0.384. The van der Waals surface area contributed by atoms with E-state index in [1.165, 1.54) is 6.08 Å².